The summed E-state index contributed by atoms with van der Waals surface area (Å²) in [5, 5.41) is 6.48. The second-order valence-electron chi connectivity index (χ2n) is 5.06. The first-order valence-corrected chi connectivity index (χ1v) is 5.49. The van der Waals surface area contributed by atoms with Crippen molar-refractivity contribution < 1.29 is 9.32 Å². The summed E-state index contributed by atoms with van der Waals surface area (Å²) in [7, 11) is 0. The summed E-state index contributed by atoms with van der Waals surface area (Å²) in [6.07, 6.45) is 2.26. The van der Waals surface area contributed by atoms with Crippen LogP contribution in [-0.2, 0) is 0 Å². The number of aromatic nitrogens is 1. The molecule has 3 N–H and O–H groups in total. The van der Waals surface area contributed by atoms with Gasteiger partial charge in [-0.05, 0) is 26.7 Å². The van der Waals surface area contributed by atoms with Crippen molar-refractivity contribution in [1.29, 1.82) is 0 Å². The van der Waals surface area contributed by atoms with Crippen LogP contribution in [0.15, 0.2) is 10.6 Å². The van der Waals surface area contributed by atoms with Crippen molar-refractivity contribution in [2.24, 2.45) is 5.73 Å². The molecule has 0 bridgehead atoms. The van der Waals surface area contributed by atoms with E-state index in [1.165, 1.54) is 0 Å². The van der Waals surface area contributed by atoms with Gasteiger partial charge < -0.3 is 15.6 Å². The average Bonchev–Trinajstić information content (AvgIpc) is 2.92. The smallest absolute Gasteiger partial charge is 0.273 e. The lowest BCUT2D eigenvalue weighted by molar-refractivity contribution is 0.0937. The third-order valence-electron chi connectivity index (χ3n) is 2.45. The number of nitrogens with one attached hydrogen (secondary N) is 1. The zero-order chi connectivity index (χ0) is 11.8. The van der Waals surface area contributed by atoms with Crippen molar-refractivity contribution in [2.45, 2.75) is 38.1 Å². The van der Waals surface area contributed by atoms with Crippen LogP contribution in [-0.4, -0.2) is 23.1 Å². The summed E-state index contributed by atoms with van der Waals surface area (Å²) in [5.74, 6) is 1.06. The maximum Gasteiger partial charge on any atom is 0.273 e. The van der Waals surface area contributed by atoms with E-state index in [1.807, 2.05) is 13.8 Å². The van der Waals surface area contributed by atoms with Crippen LogP contribution >= 0.6 is 12.4 Å². The Balaban J connectivity index is 0.00000144. The molecule has 1 amide bonds. The minimum absolute atomic E-state index is 0. The van der Waals surface area contributed by atoms with Crippen LogP contribution < -0.4 is 11.1 Å². The van der Waals surface area contributed by atoms with E-state index in [9.17, 15) is 4.79 Å². The SMILES string of the molecule is CC(C)(N)CNC(=O)c1cc(C2CC2)on1.Cl. The molecule has 1 aliphatic carbocycles. The minimum atomic E-state index is -0.418. The van der Waals surface area contributed by atoms with Crippen LogP contribution in [0, 0.1) is 0 Å². The van der Waals surface area contributed by atoms with Gasteiger partial charge in [0.25, 0.3) is 5.91 Å². The van der Waals surface area contributed by atoms with Gasteiger partial charge in [-0.3, -0.25) is 4.79 Å². The fraction of sp³-hybridized carbons (Fsp3) is 0.636. The maximum atomic E-state index is 11.7. The second kappa shape index (κ2) is 5.06. The number of carbonyl (C=O) groups is 1. The summed E-state index contributed by atoms with van der Waals surface area (Å²) in [4.78, 5) is 11.7. The molecule has 0 saturated heterocycles. The van der Waals surface area contributed by atoms with E-state index >= 15 is 0 Å². The largest absolute Gasteiger partial charge is 0.360 e. The van der Waals surface area contributed by atoms with Crippen molar-refractivity contribution in [1.82, 2.24) is 10.5 Å². The highest BCUT2D eigenvalue weighted by Crippen LogP contribution is 2.40. The molecule has 1 aliphatic rings. The lowest BCUT2D eigenvalue weighted by atomic mass is 10.1. The highest BCUT2D eigenvalue weighted by atomic mass is 35.5. The van der Waals surface area contributed by atoms with Gasteiger partial charge in [0.2, 0.25) is 0 Å². The molecule has 1 saturated carbocycles. The average molecular weight is 260 g/mol. The number of rotatable bonds is 4. The highest BCUT2D eigenvalue weighted by Gasteiger charge is 2.29. The van der Waals surface area contributed by atoms with Crippen LogP contribution in [0.25, 0.3) is 0 Å². The van der Waals surface area contributed by atoms with Crippen LogP contribution in [0.1, 0.15) is 48.9 Å². The van der Waals surface area contributed by atoms with Gasteiger partial charge in [0.1, 0.15) is 5.76 Å². The zero-order valence-electron chi connectivity index (χ0n) is 10.0. The number of hydrogen-bond acceptors (Lipinski definition) is 4. The third-order valence-corrected chi connectivity index (χ3v) is 2.45. The standard InChI is InChI=1S/C11H17N3O2.ClH/c1-11(2,12)6-13-10(15)8-5-9(16-14-8)7-3-4-7;/h5,7H,3-4,6,12H2,1-2H3,(H,13,15);1H. The number of carbonyl (C=O) groups excluding carboxylic acids is 1. The molecule has 1 heterocycles. The number of hydrogen-bond donors (Lipinski definition) is 2. The Morgan fingerprint density at radius 1 is 1.65 bits per heavy atom. The van der Waals surface area contributed by atoms with E-state index in [4.69, 9.17) is 10.3 Å². The number of amides is 1. The van der Waals surface area contributed by atoms with E-state index in [1.54, 1.807) is 6.07 Å². The highest BCUT2D eigenvalue weighted by molar-refractivity contribution is 5.92. The summed E-state index contributed by atoms with van der Waals surface area (Å²) >= 11 is 0. The zero-order valence-corrected chi connectivity index (χ0v) is 10.8. The Bertz CT molecular complexity index is 394. The molecule has 0 radical (unpaired) electrons. The lowest BCUT2D eigenvalue weighted by Gasteiger charge is -2.18. The minimum Gasteiger partial charge on any atom is -0.360 e. The summed E-state index contributed by atoms with van der Waals surface area (Å²) in [6.45, 7) is 4.12. The molecule has 0 unspecified atom stereocenters. The van der Waals surface area contributed by atoms with Crippen LogP contribution in [0.3, 0.4) is 0 Å². The fourth-order valence-corrected chi connectivity index (χ4v) is 1.36. The molecule has 96 valence electrons. The molecule has 0 atom stereocenters. The summed E-state index contributed by atoms with van der Waals surface area (Å²) in [6, 6.07) is 1.72. The maximum absolute atomic E-state index is 11.7. The number of halogens is 1. The van der Waals surface area contributed by atoms with Gasteiger partial charge in [-0.2, -0.15) is 0 Å². The van der Waals surface area contributed by atoms with E-state index in [0.717, 1.165) is 18.6 Å². The molecule has 1 aromatic rings. The number of nitrogens with zero attached hydrogens (tertiary/aromatic N) is 1. The van der Waals surface area contributed by atoms with Gasteiger partial charge >= 0.3 is 0 Å². The van der Waals surface area contributed by atoms with E-state index in [-0.39, 0.29) is 18.3 Å². The Morgan fingerprint density at radius 3 is 2.82 bits per heavy atom. The second-order valence-corrected chi connectivity index (χ2v) is 5.06. The van der Waals surface area contributed by atoms with Gasteiger partial charge in [0, 0.05) is 24.1 Å². The molecule has 6 heteroatoms. The van der Waals surface area contributed by atoms with E-state index < -0.39 is 5.54 Å². The normalized spacial score (nSPS) is 15.2. The molecule has 0 aliphatic heterocycles. The molecule has 0 spiro atoms. The first-order chi connectivity index (χ1) is 7.46. The fourth-order valence-electron chi connectivity index (χ4n) is 1.36. The summed E-state index contributed by atoms with van der Waals surface area (Å²) < 4.78 is 5.10. The molecule has 0 aromatic carbocycles. The van der Waals surface area contributed by atoms with Gasteiger partial charge in [-0.1, -0.05) is 5.16 Å². The monoisotopic (exact) mass is 259 g/mol. The first kappa shape index (κ1) is 14.0. The molecular weight excluding hydrogens is 242 g/mol. The Hall–Kier alpha value is -1.07. The van der Waals surface area contributed by atoms with Crippen LogP contribution in [0.4, 0.5) is 0 Å². The Labute approximate surface area is 107 Å². The number of nitrogens with two attached hydrogens (primary N) is 1. The topological polar surface area (TPSA) is 81.1 Å². The molecule has 17 heavy (non-hydrogen) atoms. The van der Waals surface area contributed by atoms with Crippen LogP contribution in [0.5, 0.6) is 0 Å². The molecule has 5 nitrogen and oxygen atoms in total. The van der Waals surface area contributed by atoms with Crippen molar-refractivity contribution in [2.75, 3.05) is 6.54 Å². The lowest BCUT2D eigenvalue weighted by Crippen LogP contribution is -2.45. The van der Waals surface area contributed by atoms with Crippen LogP contribution in [0.2, 0.25) is 0 Å². The van der Waals surface area contributed by atoms with Crippen molar-refractivity contribution in [3.05, 3.63) is 17.5 Å². The van der Waals surface area contributed by atoms with Gasteiger partial charge in [-0.15, -0.1) is 12.4 Å². The molecule has 1 aromatic heterocycles. The van der Waals surface area contributed by atoms with Gasteiger partial charge in [0.15, 0.2) is 5.69 Å². The first-order valence-electron chi connectivity index (χ1n) is 5.49. The van der Waals surface area contributed by atoms with E-state index in [2.05, 4.69) is 10.5 Å². The molecular formula is C11H18ClN3O2. The molecule has 1 fully saturated rings. The Morgan fingerprint density at radius 2 is 2.29 bits per heavy atom. The predicted molar refractivity (Wildman–Crippen MR) is 66.3 cm³/mol. The van der Waals surface area contributed by atoms with Gasteiger partial charge in [-0.25, -0.2) is 0 Å². The third kappa shape index (κ3) is 4.02. The van der Waals surface area contributed by atoms with Gasteiger partial charge in [0.05, 0.1) is 0 Å². The predicted octanol–water partition coefficient (Wildman–Crippen LogP) is 1.44. The summed E-state index contributed by atoms with van der Waals surface area (Å²) in [5.41, 5.74) is 5.69. The van der Waals surface area contributed by atoms with Crippen molar-refractivity contribution in [3.8, 4) is 0 Å². The quantitative estimate of drug-likeness (QED) is 0.857. The van der Waals surface area contributed by atoms with Crippen molar-refractivity contribution in [3.63, 3.8) is 0 Å². The Kier molecular flexibility index (Phi) is 4.16. The van der Waals surface area contributed by atoms with Crippen molar-refractivity contribution >= 4 is 18.3 Å². The van der Waals surface area contributed by atoms with E-state index in [0.29, 0.717) is 18.2 Å². The molecule has 2 rings (SSSR count).